The van der Waals surface area contributed by atoms with Crippen LogP contribution in [-0.4, -0.2) is 44.6 Å². The summed E-state index contributed by atoms with van der Waals surface area (Å²) in [5, 5.41) is 29.0. The number of phenols is 1. The van der Waals surface area contributed by atoms with E-state index in [1.165, 1.54) is 31.2 Å². The highest BCUT2D eigenvalue weighted by Crippen LogP contribution is 2.44. The smallest absolute Gasteiger partial charge is 0.336 e. The molecule has 2 aromatic carbocycles. The third kappa shape index (κ3) is 2.01. The molecule has 0 saturated carbocycles. The molecule has 0 amide bonds. The van der Waals surface area contributed by atoms with Crippen LogP contribution >= 0.6 is 0 Å². The van der Waals surface area contributed by atoms with E-state index in [0.717, 1.165) is 0 Å². The van der Waals surface area contributed by atoms with Gasteiger partial charge in [-0.05, 0) is 24.6 Å². The van der Waals surface area contributed by atoms with Crippen LogP contribution in [0.4, 0.5) is 0 Å². The Hall–Kier alpha value is -3.19. The number of ketones is 2. The first kappa shape index (κ1) is 16.3. The van der Waals surface area contributed by atoms with Crippen molar-refractivity contribution in [1.29, 1.82) is 0 Å². The number of aromatic hydroxyl groups is 1. The number of carbonyl (C=O) groups is 3. The van der Waals surface area contributed by atoms with E-state index in [-0.39, 0.29) is 40.2 Å². The SMILES string of the molecule is C[C@]1([C@@H](O)C(=O)O)Cc2ccc3c(c2O1)C(=O)c1cccc(O)c1C3=O. The average molecular weight is 354 g/mol. The summed E-state index contributed by atoms with van der Waals surface area (Å²) in [5.41, 5.74) is -0.797. The van der Waals surface area contributed by atoms with Crippen LogP contribution < -0.4 is 4.74 Å². The second-order valence-electron chi connectivity index (χ2n) is 6.67. The molecule has 0 bridgehead atoms. The number of aliphatic hydroxyl groups excluding tert-OH is 1. The van der Waals surface area contributed by atoms with Crippen LogP contribution in [0, 0.1) is 0 Å². The minimum Gasteiger partial charge on any atom is -0.507 e. The van der Waals surface area contributed by atoms with Crippen molar-refractivity contribution in [3.05, 3.63) is 58.1 Å². The van der Waals surface area contributed by atoms with Crippen molar-refractivity contribution in [2.75, 3.05) is 0 Å². The molecule has 1 aliphatic carbocycles. The van der Waals surface area contributed by atoms with Gasteiger partial charge in [-0.1, -0.05) is 18.2 Å². The minimum absolute atomic E-state index is 0.0342. The molecule has 2 aliphatic rings. The maximum atomic E-state index is 13.0. The summed E-state index contributed by atoms with van der Waals surface area (Å²) in [6.45, 7) is 1.44. The van der Waals surface area contributed by atoms with Crippen LogP contribution in [-0.2, 0) is 11.2 Å². The molecule has 7 heteroatoms. The summed E-state index contributed by atoms with van der Waals surface area (Å²) in [5.74, 6) is -2.61. The van der Waals surface area contributed by atoms with Crippen LogP contribution in [0.2, 0.25) is 0 Å². The molecule has 0 spiro atoms. The molecule has 26 heavy (non-hydrogen) atoms. The Morgan fingerprint density at radius 3 is 2.46 bits per heavy atom. The summed E-state index contributed by atoms with van der Waals surface area (Å²) in [7, 11) is 0. The lowest BCUT2D eigenvalue weighted by molar-refractivity contribution is -0.157. The van der Waals surface area contributed by atoms with Gasteiger partial charge in [0.2, 0.25) is 0 Å². The lowest BCUT2D eigenvalue weighted by atomic mass is 9.82. The van der Waals surface area contributed by atoms with Crippen molar-refractivity contribution >= 4 is 17.5 Å². The lowest BCUT2D eigenvalue weighted by Gasteiger charge is -2.27. The minimum atomic E-state index is -1.80. The normalized spacial score (nSPS) is 21.5. The second kappa shape index (κ2) is 5.15. The van der Waals surface area contributed by atoms with Crippen molar-refractivity contribution in [3.8, 4) is 11.5 Å². The van der Waals surface area contributed by atoms with Crippen LogP contribution in [0.3, 0.4) is 0 Å². The van der Waals surface area contributed by atoms with E-state index in [0.29, 0.717) is 5.56 Å². The molecule has 1 heterocycles. The van der Waals surface area contributed by atoms with Gasteiger partial charge in [-0.3, -0.25) is 9.59 Å². The number of rotatable bonds is 2. The van der Waals surface area contributed by atoms with Crippen LogP contribution in [0.15, 0.2) is 30.3 Å². The fourth-order valence-corrected chi connectivity index (χ4v) is 3.59. The van der Waals surface area contributed by atoms with E-state index < -0.39 is 29.2 Å². The number of benzene rings is 2. The molecule has 3 N–H and O–H groups in total. The van der Waals surface area contributed by atoms with Gasteiger partial charge in [0.25, 0.3) is 0 Å². The van der Waals surface area contributed by atoms with Crippen molar-refractivity contribution < 1.29 is 34.4 Å². The highest BCUT2D eigenvalue weighted by Gasteiger charge is 2.48. The second-order valence-corrected chi connectivity index (χ2v) is 6.67. The molecular weight excluding hydrogens is 340 g/mol. The third-order valence-electron chi connectivity index (χ3n) is 4.91. The number of aliphatic carboxylic acids is 1. The molecule has 132 valence electrons. The fourth-order valence-electron chi connectivity index (χ4n) is 3.59. The van der Waals surface area contributed by atoms with Gasteiger partial charge in [0.15, 0.2) is 17.7 Å². The molecule has 0 aromatic heterocycles. The van der Waals surface area contributed by atoms with E-state index in [1.54, 1.807) is 6.07 Å². The Kier molecular flexibility index (Phi) is 3.23. The number of carboxylic acid groups (broad SMARTS) is 1. The Balaban J connectivity index is 1.89. The molecule has 2 atom stereocenters. The summed E-state index contributed by atoms with van der Waals surface area (Å²) < 4.78 is 5.71. The topological polar surface area (TPSA) is 121 Å². The van der Waals surface area contributed by atoms with Crippen molar-refractivity contribution in [2.45, 2.75) is 25.0 Å². The summed E-state index contributed by atoms with van der Waals surface area (Å²) in [4.78, 5) is 36.9. The van der Waals surface area contributed by atoms with Crippen LogP contribution in [0.25, 0.3) is 0 Å². The zero-order valence-corrected chi connectivity index (χ0v) is 13.6. The van der Waals surface area contributed by atoms with E-state index >= 15 is 0 Å². The maximum Gasteiger partial charge on any atom is 0.336 e. The number of carbonyl (C=O) groups excluding carboxylic acids is 2. The maximum absolute atomic E-state index is 13.0. The molecular formula is C19H14O7. The van der Waals surface area contributed by atoms with Gasteiger partial charge in [0.05, 0.1) is 11.1 Å². The number of fused-ring (bicyclic) bond motifs is 4. The molecule has 0 saturated heterocycles. The number of hydrogen-bond acceptors (Lipinski definition) is 6. The fraction of sp³-hybridized carbons (Fsp3) is 0.211. The first-order valence-electron chi connectivity index (χ1n) is 7.92. The highest BCUT2D eigenvalue weighted by atomic mass is 16.5. The van der Waals surface area contributed by atoms with Crippen molar-refractivity contribution in [2.24, 2.45) is 0 Å². The molecule has 0 unspecified atom stereocenters. The zero-order chi connectivity index (χ0) is 18.8. The van der Waals surface area contributed by atoms with Gasteiger partial charge in [0, 0.05) is 17.5 Å². The molecule has 1 aliphatic heterocycles. The van der Waals surface area contributed by atoms with Crippen LogP contribution in [0.5, 0.6) is 11.5 Å². The monoisotopic (exact) mass is 354 g/mol. The Bertz CT molecular complexity index is 1010. The van der Waals surface area contributed by atoms with Crippen molar-refractivity contribution in [1.82, 2.24) is 0 Å². The average Bonchev–Trinajstić information content (AvgIpc) is 2.95. The first-order chi connectivity index (χ1) is 12.2. The predicted octanol–water partition coefficient (Wildman–Crippen LogP) is 1.31. The molecule has 0 radical (unpaired) electrons. The number of carboxylic acids is 1. The number of aliphatic hydroxyl groups is 1. The summed E-state index contributed by atoms with van der Waals surface area (Å²) >= 11 is 0. The number of phenolic OH excluding ortho intramolecular Hbond substituents is 1. The largest absolute Gasteiger partial charge is 0.507 e. The van der Waals surface area contributed by atoms with E-state index in [9.17, 15) is 24.6 Å². The zero-order valence-electron chi connectivity index (χ0n) is 13.6. The Morgan fingerprint density at radius 1 is 1.12 bits per heavy atom. The van der Waals surface area contributed by atoms with Gasteiger partial charge < -0.3 is 20.1 Å². The molecule has 4 rings (SSSR count). The Labute approximate surface area is 147 Å². The van der Waals surface area contributed by atoms with Gasteiger partial charge >= 0.3 is 5.97 Å². The molecule has 0 fully saturated rings. The summed E-state index contributed by atoms with van der Waals surface area (Å²) in [6.07, 6.45) is -1.71. The van der Waals surface area contributed by atoms with Gasteiger partial charge in [0.1, 0.15) is 17.1 Å². The van der Waals surface area contributed by atoms with E-state index in [2.05, 4.69) is 0 Å². The molecule has 7 nitrogen and oxygen atoms in total. The Morgan fingerprint density at radius 2 is 1.77 bits per heavy atom. The van der Waals surface area contributed by atoms with E-state index in [1.807, 2.05) is 0 Å². The van der Waals surface area contributed by atoms with Gasteiger partial charge in [-0.25, -0.2) is 4.79 Å². The quantitative estimate of drug-likeness (QED) is 0.634. The summed E-state index contributed by atoms with van der Waals surface area (Å²) in [6, 6.07) is 7.28. The molecule has 2 aromatic rings. The number of ether oxygens (including phenoxy) is 1. The van der Waals surface area contributed by atoms with E-state index in [4.69, 9.17) is 9.84 Å². The highest BCUT2D eigenvalue weighted by molar-refractivity contribution is 6.30. The standard InChI is InChI=1S/C19H14O7/c1-19(17(23)18(24)25)7-8-5-6-10-13(16(8)26-19)15(22)9-3-2-4-11(20)12(9)14(10)21/h2-6,17,20,23H,7H2,1H3,(H,24,25)/t17-,19+/m0/s1. The van der Waals surface area contributed by atoms with Crippen LogP contribution in [0.1, 0.15) is 44.3 Å². The van der Waals surface area contributed by atoms with Gasteiger partial charge in [-0.15, -0.1) is 0 Å². The number of hydrogen-bond donors (Lipinski definition) is 3. The van der Waals surface area contributed by atoms with Gasteiger partial charge in [-0.2, -0.15) is 0 Å². The predicted molar refractivity (Wildman–Crippen MR) is 87.8 cm³/mol. The lowest BCUT2D eigenvalue weighted by Crippen LogP contribution is -2.48. The first-order valence-corrected chi connectivity index (χ1v) is 7.92. The van der Waals surface area contributed by atoms with Crippen molar-refractivity contribution in [3.63, 3.8) is 0 Å². The third-order valence-corrected chi connectivity index (χ3v) is 4.91.